The molecule has 2 N–H and O–H groups in total. The Hall–Kier alpha value is -3.35. The predicted octanol–water partition coefficient (Wildman–Crippen LogP) is 2.20. The smallest absolute Gasteiger partial charge is 0.331 e. The zero-order chi connectivity index (χ0) is 17.6. The van der Waals surface area contributed by atoms with Gasteiger partial charge >= 0.3 is 5.97 Å². The first-order valence-corrected chi connectivity index (χ1v) is 7.85. The van der Waals surface area contributed by atoms with E-state index >= 15 is 0 Å². The lowest BCUT2D eigenvalue weighted by Gasteiger charge is -2.22. The number of hydrogen-bond acceptors (Lipinski definition) is 3. The van der Waals surface area contributed by atoms with E-state index in [1.807, 2.05) is 43.4 Å². The third-order valence-corrected chi connectivity index (χ3v) is 4.59. The van der Waals surface area contributed by atoms with Gasteiger partial charge in [-0.15, -0.1) is 0 Å². The molecule has 0 spiro atoms. The fourth-order valence-electron chi connectivity index (χ4n) is 3.34. The normalized spacial score (nSPS) is 16.0. The van der Waals surface area contributed by atoms with Crippen molar-refractivity contribution in [3.63, 3.8) is 0 Å². The molecule has 1 aliphatic heterocycles. The van der Waals surface area contributed by atoms with Crippen molar-refractivity contribution < 1.29 is 14.7 Å². The molecule has 7 nitrogen and oxygen atoms in total. The van der Waals surface area contributed by atoms with Gasteiger partial charge in [-0.25, -0.2) is 4.79 Å². The van der Waals surface area contributed by atoms with Crippen LogP contribution in [0, 0.1) is 0 Å². The van der Waals surface area contributed by atoms with Gasteiger partial charge in [0.2, 0.25) is 0 Å². The van der Waals surface area contributed by atoms with Crippen LogP contribution in [-0.4, -0.2) is 36.6 Å². The largest absolute Gasteiger partial charge is 0.479 e. The lowest BCUT2D eigenvalue weighted by molar-refractivity contribution is -0.142. The van der Waals surface area contributed by atoms with Gasteiger partial charge in [-0.3, -0.25) is 9.89 Å². The average molecular weight is 336 g/mol. The number of rotatable bonds is 3. The number of aliphatic carboxylic acids is 1. The molecule has 3 aromatic rings. The van der Waals surface area contributed by atoms with E-state index in [0.717, 1.165) is 11.3 Å². The van der Waals surface area contributed by atoms with Crippen molar-refractivity contribution in [2.24, 2.45) is 7.05 Å². The number of carboxylic acids is 1. The number of nitrogens with one attached hydrogen (secondary N) is 1. The highest BCUT2D eigenvalue weighted by Crippen LogP contribution is 2.34. The van der Waals surface area contributed by atoms with Crippen molar-refractivity contribution in [3.05, 3.63) is 65.6 Å². The standard InChI is InChI=1S/C18H16N4O3/c1-21-14(11-5-3-2-4-6-11)7-8-15(21)17(23)22-10-13-12(9-19-20-13)16(22)18(24)25/h2-9,16H,10H2,1H3,(H,19,20)(H,24,25). The van der Waals surface area contributed by atoms with Crippen molar-refractivity contribution >= 4 is 11.9 Å². The molecule has 4 rings (SSSR count). The second-order valence-electron chi connectivity index (χ2n) is 6.01. The minimum Gasteiger partial charge on any atom is -0.479 e. The third kappa shape index (κ3) is 2.32. The molecule has 126 valence electrons. The van der Waals surface area contributed by atoms with Gasteiger partial charge in [0.15, 0.2) is 6.04 Å². The molecular weight excluding hydrogens is 320 g/mol. The Bertz CT molecular complexity index is 958. The van der Waals surface area contributed by atoms with Gasteiger partial charge in [-0.05, 0) is 17.7 Å². The number of carbonyl (C=O) groups excluding carboxylic acids is 1. The summed E-state index contributed by atoms with van der Waals surface area (Å²) >= 11 is 0. The van der Waals surface area contributed by atoms with E-state index in [2.05, 4.69) is 10.2 Å². The number of aromatic nitrogens is 3. The van der Waals surface area contributed by atoms with E-state index < -0.39 is 12.0 Å². The summed E-state index contributed by atoms with van der Waals surface area (Å²) in [6.45, 7) is 0.205. The van der Waals surface area contributed by atoms with E-state index in [-0.39, 0.29) is 12.5 Å². The minimum absolute atomic E-state index is 0.205. The fraction of sp³-hybridized carbons (Fsp3) is 0.167. The van der Waals surface area contributed by atoms with Crippen molar-refractivity contribution in [2.75, 3.05) is 0 Å². The van der Waals surface area contributed by atoms with E-state index in [1.54, 1.807) is 10.6 Å². The number of H-pyrrole nitrogens is 1. The Morgan fingerprint density at radius 2 is 1.96 bits per heavy atom. The van der Waals surface area contributed by atoms with Crippen LogP contribution in [0.25, 0.3) is 11.3 Å². The molecule has 1 atom stereocenters. The van der Waals surface area contributed by atoms with Gasteiger partial charge < -0.3 is 14.6 Å². The summed E-state index contributed by atoms with van der Waals surface area (Å²) in [5.41, 5.74) is 3.55. The molecule has 1 unspecified atom stereocenters. The lowest BCUT2D eigenvalue weighted by atomic mass is 10.1. The molecule has 0 aliphatic carbocycles. The number of hydrogen-bond donors (Lipinski definition) is 2. The van der Waals surface area contributed by atoms with Crippen molar-refractivity contribution in [3.8, 4) is 11.3 Å². The molecule has 1 aromatic carbocycles. The van der Waals surface area contributed by atoms with E-state index in [9.17, 15) is 14.7 Å². The maximum Gasteiger partial charge on any atom is 0.331 e. The van der Waals surface area contributed by atoms with Gasteiger partial charge in [0.05, 0.1) is 18.4 Å². The second-order valence-corrected chi connectivity index (χ2v) is 6.01. The first kappa shape index (κ1) is 15.2. The van der Waals surface area contributed by atoms with Crippen LogP contribution in [0.1, 0.15) is 27.8 Å². The van der Waals surface area contributed by atoms with Gasteiger partial charge in [0, 0.05) is 18.3 Å². The molecule has 2 aromatic heterocycles. The molecule has 0 saturated heterocycles. The highest BCUT2D eigenvalue weighted by atomic mass is 16.4. The molecule has 0 saturated carbocycles. The predicted molar refractivity (Wildman–Crippen MR) is 89.7 cm³/mol. The zero-order valence-electron chi connectivity index (χ0n) is 13.5. The van der Waals surface area contributed by atoms with E-state index in [0.29, 0.717) is 17.0 Å². The van der Waals surface area contributed by atoms with E-state index in [4.69, 9.17) is 0 Å². The second kappa shape index (κ2) is 5.62. The van der Waals surface area contributed by atoms with Crippen LogP contribution in [0.15, 0.2) is 48.7 Å². The number of benzene rings is 1. The molecule has 0 fully saturated rings. The van der Waals surface area contributed by atoms with Gasteiger partial charge in [-0.1, -0.05) is 30.3 Å². The quantitative estimate of drug-likeness (QED) is 0.767. The Balaban J connectivity index is 1.69. The van der Waals surface area contributed by atoms with Crippen molar-refractivity contribution in [1.82, 2.24) is 19.7 Å². The van der Waals surface area contributed by atoms with Crippen LogP contribution >= 0.6 is 0 Å². The summed E-state index contributed by atoms with van der Waals surface area (Å²) < 4.78 is 1.79. The molecule has 25 heavy (non-hydrogen) atoms. The summed E-state index contributed by atoms with van der Waals surface area (Å²) in [6.07, 6.45) is 1.47. The molecule has 0 radical (unpaired) electrons. The topological polar surface area (TPSA) is 91.2 Å². The van der Waals surface area contributed by atoms with Crippen LogP contribution in [0.3, 0.4) is 0 Å². The molecule has 0 bridgehead atoms. The highest BCUT2D eigenvalue weighted by molar-refractivity contribution is 5.97. The summed E-state index contributed by atoms with van der Waals surface area (Å²) in [4.78, 5) is 26.0. The van der Waals surface area contributed by atoms with Crippen LogP contribution in [0.4, 0.5) is 0 Å². The van der Waals surface area contributed by atoms with E-state index in [1.165, 1.54) is 11.1 Å². The first-order valence-electron chi connectivity index (χ1n) is 7.85. The summed E-state index contributed by atoms with van der Waals surface area (Å²) in [7, 11) is 1.81. The summed E-state index contributed by atoms with van der Waals surface area (Å²) in [6, 6.07) is 12.3. The Labute approximate surface area is 143 Å². The first-order chi connectivity index (χ1) is 12.1. The average Bonchev–Trinajstić information content (AvgIpc) is 3.28. The van der Waals surface area contributed by atoms with Crippen LogP contribution in [0.2, 0.25) is 0 Å². The molecule has 3 heterocycles. The van der Waals surface area contributed by atoms with Crippen molar-refractivity contribution in [2.45, 2.75) is 12.6 Å². The van der Waals surface area contributed by atoms with Gasteiger partial charge in [0.1, 0.15) is 5.69 Å². The maximum atomic E-state index is 13.0. The number of fused-ring (bicyclic) bond motifs is 1. The Morgan fingerprint density at radius 3 is 2.68 bits per heavy atom. The molecular formula is C18H16N4O3. The summed E-state index contributed by atoms with van der Waals surface area (Å²) in [5, 5.41) is 16.2. The zero-order valence-corrected chi connectivity index (χ0v) is 13.5. The third-order valence-electron chi connectivity index (χ3n) is 4.59. The number of nitrogens with zero attached hydrogens (tertiary/aromatic N) is 3. The maximum absolute atomic E-state index is 13.0. The van der Waals surface area contributed by atoms with Crippen LogP contribution in [-0.2, 0) is 18.4 Å². The molecule has 1 aliphatic rings. The SMILES string of the molecule is Cn1c(C(=O)N2Cc3[nH]ncc3C2C(=O)O)ccc1-c1ccccc1. The molecule has 7 heteroatoms. The van der Waals surface area contributed by atoms with Gasteiger partial charge in [0.25, 0.3) is 5.91 Å². The number of aromatic amines is 1. The van der Waals surface area contributed by atoms with Crippen LogP contribution in [0.5, 0.6) is 0 Å². The Kier molecular flexibility index (Phi) is 3.42. The van der Waals surface area contributed by atoms with Gasteiger partial charge in [-0.2, -0.15) is 5.10 Å². The number of carbonyl (C=O) groups is 2. The molecule has 1 amide bonds. The minimum atomic E-state index is -1.06. The monoisotopic (exact) mass is 336 g/mol. The van der Waals surface area contributed by atoms with Crippen LogP contribution < -0.4 is 0 Å². The Morgan fingerprint density at radius 1 is 1.20 bits per heavy atom. The summed E-state index contributed by atoms with van der Waals surface area (Å²) in [5.74, 6) is -1.38. The fourth-order valence-corrected chi connectivity index (χ4v) is 3.34. The van der Waals surface area contributed by atoms with Crippen molar-refractivity contribution in [1.29, 1.82) is 0 Å². The lowest BCUT2D eigenvalue weighted by Crippen LogP contribution is -2.35. The highest BCUT2D eigenvalue weighted by Gasteiger charge is 2.41. The number of amides is 1. The number of carboxylic acid groups (broad SMARTS) is 1.